The van der Waals surface area contributed by atoms with Crippen LogP contribution < -0.4 is 0 Å². The number of aromatic nitrogens is 1. The second kappa shape index (κ2) is 11.0. The maximum absolute atomic E-state index is 13.2. The number of epoxide rings is 1. The Labute approximate surface area is 206 Å². The van der Waals surface area contributed by atoms with Crippen molar-refractivity contribution >= 4 is 29.2 Å². The van der Waals surface area contributed by atoms with E-state index in [0.29, 0.717) is 6.42 Å². The number of aliphatic hydroxyl groups excluding tert-OH is 2. The summed E-state index contributed by atoms with van der Waals surface area (Å²) in [6.45, 7) is 10.8. The maximum Gasteiger partial charge on any atom is 0.309 e. The monoisotopic (exact) mass is 493 g/mol. The standard InChI is InChI=1S/C26H39NO6S/c1-14-8-7-9-19-21(32-19)11-20(15(2)10-18-13-34-17(4)27-18)33-23(29)12-22(28)26(5,6)25(31)16(3)24(14)30/h10,13-14,16,19-22,24,28,30H,7-9,11-12H2,1-6H3/t14?,16-,19+,20?,21-,22+,24+/m1/s1. The van der Waals surface area contributed by atoms with Gasteiger partial charge in [-0.15, -0.1) is 11.3 Å². The third-order valence-corrected chi connectivity index (χ3v) is 8.20. The fourth-order valence-corrected chi connectivity index (χ4v) is 5.35. The Balaban J connectivity index is 1.81. The van der Waals surface area contributed by atoms with Gasteiger partial charge in [-0.3, -0.25) is 9.59 Å². The van der Waals surface area contributed by atoms with E-state index >= 15 is 0 Å². The summed E-state index contributed by atoms with van der Waals surface area (Å²) in [5.41, 5.74) is 0.494. The van der Waals surface area contributed by atoms with Crippen LogP contribution in [-0.2, 0) is 19.1 Å². The lowest BCUT2D eigenvalue weighted by Crippen LogP contribution is -2.45. The Morgan fingerprint density at radius 2 is 1.91 bits per heavy atom. The number of esters is 1. The van der Waals surface area contributed by atoms with Gasteiger partial charge in [-0.25, -0.2) is 4.98 Å². The molecule has 0 spiro atoms. The maximum atomic E-state index is 13.2. The predicted octanol–water partition coefficient (Wildman–Crippen LogP) is 4.09. The second-order valence-electron chi connectivity index (χ2n) is 10.6. The van der Waals surface area contributed by atoms with Crippen molar-refractivity contribution in [2.75, 3.05) is 0 Å². The first-order chi connectivity index (χ1) is 15.9. The van der Waals surface area contributed by atoms with Crippen LogP contribution >= 0.6 is 11.3 Å². The van der Waals surface area contributed by atoms with Crippen molar-refractivity contribution in [3.63, 3.8) is 0 Å². The molecule has 2 saturated heterocycles. The fourth-order valence-electron chi connectivity index (χ4n) is 4.78. The normalized spacial score (nSPS) is 36.0. The number of thiazole rings is 1. The number of carbonyl (C=O) groups excluding carboxylic acids is 2. The highest BCUT2D eigenvalue weighted by atomic mass is 32.1. The van der Waals surface area contributed by atoms with Crippen LogP contribution in [0, 0.1) is 24.2 Å². The molecule has 0 amide bonds. The molecule has 0 bridgehead atoms. The summed E-state index contributed by atoms with van der Waals surface area (Å²) in [6.07, 6.45) is 2.28. The van der Waals surface area contributed by atoms with Gasteiger partial charge in [-0.1, -0.05) is 34.1 Å². The van der Waals surface area contributed by atoms with Gasteiger partial charge in [0.25, 0.3) is 0 Å². The molecule has 2 aliphatic heterocycles. The van der Waals surface area contributed by atoms with Crippen LogP contribution in [0.15, 0.2) is 11.0 Å². The van der Waals surface area contributed by atoms with E-state index in [1.807, 2.05) is 32.2 Å². The molecule has 8 heteroatoms. The number of ketones is 1. The Kier molecular flexibility index (Phi) is 8.71. The van der Waals surface area contributed by atoms with Crippen LogP contribution in [0.5, 0.6) is 0 Å². The van der Waals surface area contributed by atoms with E-state index in [9.17, 15) is 19.8 Å². The van der Waals surface area contributed by atoms with E-state index in [-0.39, 0.29) is 30.3 Å². The molecule has 0 saturated carbocycles. The summed E-state index contributed by atoms with van der Waals surface area (Å²) in [4.78, 5) is 30.5. The number of cyclic esters (lactones) is 1. The molecule has 2 unspecified atom stereocenters. The number of hydrogen-bond donors (Lipinski definition) is 2. The third-order valence-electron chi connectivity index (χ3n) is 7.41. The van der Waals surface area contributed by atoms with E-state index < -0.39 is 35.6 Å². The van der Waals surface area contributed by atoms with Crippen LogP contribution in [0.3, 0.4) is 0 Å². The Morgan fingerprint density at radius 3 is 2.56 bits per heavy atom. The van der Waals surface area contributed by atoms with Crippen LogP contribution in [0.2, 0.25) is 0 Å². The zero-order valence-electron chi connectivity index (χ0n) is 21.1. The van der Waals surface area contributed by atoms with Gasteiger partial charge in [0.15, 0.2) is 0 Å². The smallest absolute Gasteiger partial charge is 0.309 e. The number of Topliss-reactive ketones (excluding diaryl/α,β-unsaturated/α-hetero) is 1. The summed E-state index contributed by atoms with van der Waals surface area (Å²) < 4.78 is 11.7. The molecule has 3 heterocycles. The Bertz CT molecular complexity index is 909. The highest BCUT2D eigenvalue weighted by Crippen LogP contribution is 2.36. The largest absolute Gasteiger partial charge is 0.458 e. The average molecular weight is 494 g/mol. The van der Waals surface area contributed by atoms with Crippen molar-refractivity contribution < 1.29 is 29.3 Å². The summed E-state index contributed by atoms with van der Waals surface area (Å²) in [5.74, 6) is -1.52. The molecule has 2 aliphatic rings. The van der Waals surface area contributed by atoms with E-state index in [0.717, 1.165) is 35.5 Å². The zero-order chi connectivity index (χ0) is 25.2. The lowest BCUT2D eigenvalue weighted by Gasteiger charge is -2.34. The van der Waals surface area contributed by atoms with Gasteiger partial charge >= 0.3 is 5.97 Å². The first kappa shape index (κ1) is 27.0. The summed E-state index contributed by atoms with van der Waals surface area (Å²) in [5, 5.41) is 24.5. The molecule has 1 aromatic heterocycles. The molecular weight excluding hydrogens is 454 g/mol. The highest BCUT2D eigenvalue weighted by Gasteiger charge is 2.44. The molecule has 7 atom stereocenters. The number of carbonyl (C=O) groups is 2. The Hall–Kier alpha value is -1.61. The highest BCUT2D eigenvalue weighted by molar-refractivity contribution is 7.09. The number of rotatable bonds is 2. The zero-order valence-corrected chi connectivity index (χ0v) is 21.9. The topological polar surface area (TPSA) is 109 Å². The molecule has 2 N–H and O–H groups in total. The average Bonchev–Trinajstić information content (AvgIpc) is 3.38. The van der Waals surface area contributed by atoms with E-state index in [1.165, 1.54) is 0 Å². The van der Waals surface area contributed by atoms with E-state index in [4.69, 9.17) is 9.47 Å². The molecule has 3 rings (SSSR count). The van der Waals surface area contributed by atoms with Gasteiger partial charge in [0, 0.05) is 17.7 Å². The molecule has 0 aliphatic carbocycles. The molecule has 0 radical (unpaired) electrons. The first-order valence-electron chi connectivity index (χ1n) is 12.3. The van der Waals surface area contributed by atoms with Gasteiger partial charge in [0.1, 0.15) is 11.9 Å². The lowest BCUT2D eigenvalue weighted by molar-refractivity contribution is -0.154. The minimum Gasteiger partial charge on any atom is -0.458 e. The van der Waals surface area contributed by atoms with Crippen molar-refractivity contribution in [1.82, 2.24) is 4.98 Å². The predicted molar refractivity (Wildman–Crippen MR) is 131 cm³/mol. The second-order valence-corrected chi connectivity index (χ2v) is 11.7. The van der Waals surface area contributed by atoms with Crippen LogP contribution in [0.25, 0.3) is 6.08 Å². The number of aliphatic hydroxyl groups is 2. The molecule has 0 aromatic carbocycles. The Morgan fingerprint density at radius 1 is 1.21 bits per heavy atom. The number of fused-ring (bicyclic) bond motifs is 1. The van der Waals surface area contributed by atoms with Crippen molar-refractivity contribution in [1.29, 1.82) is 0 Å². The van der Waals surface area contributed by atoms with Crippen molar-refractivity contribution in [3.05, 3.63) is 21.7 Å². The number of nitrogens with zero attached hydrogens (tertiary/aromatic N) is 1. The quantitative estimate of drug-likeness (QED) is 0.472. The van der Waals surface area contributed by atoms with Gasteiger partial charge in [-0.05, 0) is 44.3 Å². The van der Waals surface area contributed by atoms with Crippen LogP contribution in [0.4, 0.5) is 0 Å². The SMILES string of the molecule is CC(=Cc1csc(C)n1)C1C[C@H]2O[C@H]2CCCC(C)[C@H](O)[C@@H](C)C(=O)C(C)(C)[C@@H](O)CC(=O)O1. The first-order valence-corrected chi connectivity index (χ1v) is 13.1. The van der Waals surface area contributed by atoms with E-state index in [1.54, 1.807) is 32.1 Å². The minimum atomic E-state index is -1.22. The van der Waals surface area contributed by atoms with Gasteiger partial charge < -0.3 is 19.7 Å². The van der Waals surface area contributed by atoms with Crippen molar-refractivity contribution in [2.45, 2.75) is 104 Å². The molecular formula is C26H39NO6S. The number of ether oxygens (including phenoxy) is 2. The van der Waals surface area contributed by atoms with Crippen molar-refractivity contribution in [2.24, 2.45) is 17.3 Å². The molecule has 34 heavy (non-hydrogen) atoms. The lowest BCUT2D eigenvalue weighted by atomic mass is 9.73. The summed E-state index contributed by atoms with van der Waals surface area (Å²) in [6, 6.07) is 0. The number of aryl methyl sites for hydroxylation is 1. The van der Waals surface area contributed by atoms with Gasteiger partial charge in [0.2, 0.25) is 0 Å². The van der Waals surface area contributed by atoms with Crippen LogP contribution in [-0.4, -0.2) is 57.5 Å². The minimum absolute atomic E-state index is 0.00770. The number of hydrogen-bond acceptors (Lipinski definition) is 8. The fraction of sp³-hybridized carbons (Fsp3) is 0.731. The van der Waals surface area contributed by atoms with E-state index in [2.05, 4.69) is 4.98 Å². The molecule has 1 aromatic rings. The van der Waals surface area contributed by atoms with Crippen LogP contribution in [0.1, 0.15) is 77.4 Å². The molecule has 190 valence electrons. The summed E-state index contributed by atoms with van der Waals surface area (Å²) in [7, 11) is 0. The van der Waals surface area contributed by atoms with Gasteiger partial charge in [-0.2, -0.15) is 0 Å². The summed E-state index contributed by atoms with van der Waals surface area (Å²) >= 11 is 1.56. The van der Waals surface area contributed by atoms with Gasteiger partial charge in [0.05, 0.1) is 47.0 Å². The van der Waals surface area contributed by atoms with Crippen molar-refractivity contribution in [3.8, 4) is 0 Å². The molecule has 2 fully saturated rings. The molecule has 7 nitrogen and oxygen atoms in total. The third kappa shape index (κ3) is 6.53.